The number of nitrogen functional groups attached to an aromatic ring is 1. The lowest BCUT2D eigenvalue weighted by Gasteiger charge is -2.21. The molecule has 1 aromatic heterocycles. The van der Waals surface area contributed by atoms with Crippen LogP contribution in [0.5, 0.6) is 0 Å². The zero-order valence-electron chi connectivity index (χ0n) is 10.6. The lowest BCUT2D eigenvalue weighted by molar-refractivity contribution is 0.934. The van der Waals surface area contributed by atoms with E-state index in [0.29, 0.717) is 0 Å². The van der Waals surface area contributed by atoms with Gasteiger partial charge in [0.05, 0.1) is 6.54 Å². The summed E-state index contributed by atoms with van der Waals surface area (Å²) in [6.07, 6.45) is 0. The fraction of sp³-hybridized carbons (Fsp3) is 0.214. The maximum absolute atomic E-state index is 7.43. The minimum atomic E-state index is 0.116. The molecule has 94 valence electrons. The number of anilines is 1. The van der Waals surface area contributed by atoms with Gasteiger partial charge in [-0.05, 0) is 42.1 Å². The summed E-state index contributed by atoms with van der Waals surface area (Å²) in [5.41, 5.74) is 8.58. The van der Waals surface area contributed by atoms with E-state index < -0.39 is 0 Å². The van der Waals surface area contributed by atoms with Crippen molar-refractivity contribution in [2.24, 2.45) is 5.73 Å². The third-order valence-corrected chi connectivity index (χ3v) is 3.75. The van der Waals surface area contributed by atoms with Crippen molar-refractivity contribution in [2.75, 3.05) is 11.9 Å². The molecule has 0 bridgehead atoms. The van der Waals surface area contributed by atoms with E-state index in [9.17, 15) is 0 Å². The number of rotatable bonds is 4. The first kappa shape index (κ1) is 12.6. The molecule has 2 rings (SSSR count). The van der Waals surface area contributed by atoms with Gasteiger partial charge in [-0.3, -0.25) is 5.41 Å². The van der Waals surface area contributed by atoms with Crippen LogP contribution in [0.4, 0.5) is 5.69 Å². The van der Waals surface area contributed by atoms with E-state index in [1.165, 1.54) is 10.6 Å². The van der Waals surface area contributed by atoms with Gasteiger partial charge in [-0.2, -0.15) is 0 Å². The SMILES string of the molecule is Cc1cc(C(=N)N)ccc1N(C)Cc1cccs1. The van der Waals surface area contributed by atoms with Gasteiger partial charge in [0, 0.05) is 23.2 Å². The number of nitrogens with one attached hydrogen (secondary N) is 1. The summed E-state index contributed by atoms with van der Waals surface area (Å²) in [5.74, 6) is 0.116. The summed E-state index contributed by atoms with van der Waals surface area (Å²) in [4.78, 5) is 3.55. The van der Waals surface area contributed by atoms with Gasteiger partial charge in [-0.1, -0.05) is 6.07 Å². The van der Waals surface area contributed by atoms with Crippen LogP contribution in [0.15, 0.2) is 35.7 Å². The van der Waals surface area contributed by atoms with Gasteiger partial charge in [0.1, 0.15) is 5.84 Å². The van der Waals surface area contributed by atoms with Gasteiger partial charge in [-0.25, -0.2) is 0 Å². The largest absolute Gasteiger partial charge is 0.384 e. The number of hydrogen-bond donors (Lipinski definition) is 2. The molecule has 0 unspecified atom stereocenters. The smallest absolute Gasteiger partial charge is 0.122 e. The van der Waals surface area contributed by atoms with Crippen LogP contribution < -0.4 is 10.6 Å². The molecule has 0 saturated carbocycles. The van der Waals surface area contributed by atoms with E-state index in [0.717, 1.165) is 17.7 Å². The van der Waals surface area contributed by atoms with Gasteiger partial charge in [0.15, 0.2) is 0 Å². The molecule has 0 radical (unpaired) electrons. The van der Waals surface area contributed by atoms with Crippen LogP contribution in [-0.4, -0.2) is 12.9 Å². The Morgan fingerprint density at radius 2 is 2.17 bits per heavy atom. The third kappa shape index (κ3) is 2.71. The lowest BCUT2D eigenvalue weighted by Crippen LogP contribution is -2.18. The standard InChI is InChI=1S/C14H17N3S/c1-10-8-11(14(15)16)5-6-13(10)17(2)9-12-4-3-7-18-12/h3-8H,9H2,1-2H3,(H3,15,16). The number of nitrogens with two attached hydrogens (primary N) is 1. The second-order valence-electron chi connectivity index (χ2n) is 4.35. The minimum Gasteiger partial charge on any atom is -0.384 e. The summed E-state index contributed by atoms with van der Waals surface area (Å²) in [6, 6.07) is 10.1. The second kappa shape index (κ2) is 5.23. The molecular weight excluding hydrogens is 242 g/mol. The maximum Gasteiger partial charge on any atom is 0.122 e. The maximum atomic E-state index is 7.43. The molecule has 2 aromatic rings. The molecule has 3 nitrogen and oxygen atoms in total. The van der Waals surface area contributed by atoms with Crippen molar-refractivity contribution in [3.05, 3.63) is 51.7 Å². The van der Waals surface area contributed by atoms with Gasteiger partial charge < -0.3 is 10.6 Å². The highest BCUT2D eigenvalue weighted by Crippen LogP contribution is 2.23. The van der Waals surface area contributed by atoms with Crippen molar-refractivity contribution in [1.29, 1.82) is 5.41 Å². The van der Waals surface area contributed by atoms with E-state index in [-0.39, 0.29) is 5.84 Å². The quantitative estimate of drug-likeness (QED) is 0.655. The van der Waals surface area contributed by atoms with Crippen molar-refractivity contribution in [1.82, 2.24) is 0 Å². The molecule has 0 fully saturated rings. The van der Waals surface area contributed by atoms with Crippen molar-refractivity contribution < 1.29 is 0 Å². The van der Waals surface area contributed by atoms with Crippen molar-refractivity contribution in [2.45, 2.75) is 13.5 Å². The number of amidine groups is 1. The fourth-order valence-corrected chi connectivity index (χ4v) is 2.73. The number of thiophene rings is 1. The van der Waals surface area contributed by atoms with E-state index in [2.05, 4.69) is 29.5 Å². The van der Waals surface area contributed by atoms with Gasteiger partial charge >= 0.3 is 0 Å². The number of nitrogens with zero attached hydrogens (tertiary/aromatic N) is 1. The zero-order valence-corrected chi connectivity index (χ0v) is 11.4. The Hall–Kier alpha value is -1.81. The summed E-state index contributed by atoms with van der Waals surface area (Å²) < 4.78 is 0. The van der Waals surface area contributed by atoms with Crippen LogP contribution in [0, 0.1) is 12.3 Å². The zero-order chi connectivity index (χ0) is 13.1. The van der Waals surface area contributed by atoms with Crippen molar-refractivity contribution in [3.63, 3.8) is 0 Å². The number of aryl methyl sites for hydroxylation is 1. The Balaban J connectivity index is 2.20. The highest BCUT2D eigenvalue weighted by molar-refractivity contribution is 7.09. The fourth-order valence-electron chi connectivity index (χ4n) is 1.97. The third-order valence-electron chi connectivity index (χ3n) is 2.89. The first-order valence-electron chi connectivity index (χ1n) is 5.76. The van der Waals surface area contributed by atoms with Crippen molar-refractivity contribution >= 4 is 22.9 Å². The van der Waals surface area contributed by atoms with Crippen LogP contribution >= 0.6 is 11.3 Å². The molecule has 1 aromatic carbocycles. The summed E-state index contributed by atoms with van der Waals surface area (Å²) in [6.45, 7) is 2.95. The predicted molar refractivity (Wildman–Crippen MR) is 78.6 cm³/mol. The highest BCUT2D eigenvalue weighted by atomic mass is 32.1. The molecule has 18 heavy (non-hydrogen) atoms. The Labute approximate surface area is 111 Å². The summed E-state index contributed by atoms with van der Waals surface area (Å²) >= 11 is 1.76. The van der Waals surface area contributed by atoms with Gasteiger partial charge in [0.25, 0.3) is 0 Å². The average molecular weight is 259 g/mol. The van der Waals surface area contributed by atoms with E-state index in [1.54, 1.807) is 11.3 Å². The second-order valence-corrected chi connectivity index (χ2v) is 5.38. The van der Waals surface area contributed by atoms with Crippen LogP contribution in [0.3, 0.4) is 0 Å². The van der Waals surface area contributed by atoms with E-state index in [1.807, 2.05) is 25.1 Å². The molecule has 0 aliphatic heterocycles. The predicted octanol–water partition coefficient (Wildman–Crippen LogP) is 2.98. The Kier molecular flexibility index (Phi) is 3.67. The molecule has 0 atom stereocenters. The first-order valence-corrected chi connectivity index (χ1v) is 6.64. The minimum absolute atomic E-state index is 0.116. The van der Waals surface area contributed by atoms with Gasteiger partial charge in [-0.15, -0.1) is 11.3 Å². The number of hydrogen-bond acceptors (Lipinski definition) is 3. The van der Waals surface area contributed by atoms with Crippen molar-refractivity contribution in [3.8, 4) is 0 Å². The monoisotopic (exact) mass is 259 g/mol. The molecule has 3 N–H and O–H groups in total. The van der Waals surface area contributed by atoms with Crippen LogP contribution in [0.2, 0.25) is 0 Å². The molecule has 0 saturated heterocycles. The molecule has 4 heteroatoms. The highest BCUT2D eigenvalue weighted by Gasteiger charge is 2.07. The molecule has 0 spiro atoms. The Morgan fingerprint density at radius 1 is 1.39 bits per heavy atom. The topological polar surface area (TPSA) is 53.1 Å². The summed E-state index contributed by atoms with van der Waals surface area (Å²) in [7, 11) is 2.08. The normalized spacial score (nSPS) is 10.3. The molecule has 0 aliphatic carbocycles. The Bertz CT molecular complexity index is 546. The summed E-state index contributed by atoms with van der Waals surface area (Å²) in [5, 5.41) is 9.53. The van der Waals surface area contributed by atoms with E-state index >= 15 is 0 Å². The average Bonchev–Trinajstić information content (AvgIpc) is 2.81. The molecule has 0 aliphatic rings. The van der Waals surface area contributed by atoms with Crippen LogP contribution in [0.1, 0.15) is 16.0 Å². The molecule has 0 amide bonds. The first-order chi connectivity index (χ1) is 8.58. The van der Waals surface area contributed by atoms with Crippen LogP contribution in [-0.2, 0) is 6.54 Å². The number of benzene rings is 1. The van der Waals surface area contributed by atoms with E-state index in [4.69, 9.17) is 11.1 Å². The van der Waals surface area contributed by atoms with Gasteiger partial charge in [0.2, 0.25) is 0 Å². The molecule has 1 heterocycles. The molecular formula is C14H17N3S. The van der Waals surface area contributed by atoms with Crippen LogP contribution in [0.25, 0.3) is 0 Å². The Morgan fingerprint density at radius 3 is 2.72 bits per heavy atom. The lowest BCUT2D eigenvalue weighted by atomic mass is 10.1.